The molecule has 0 bridgehead atoms. The molecular formula is C18H14BrClN2O2. The summed E-state index contributed by atoms with van der Waals surface area (Å²) in [7, 11) is 0. The van der Waals surface area contributed by atoms with Crippen molar-refractivity contribution in [1.29, 1.82) is 0 Å². The molecule has 0 fully saturated rings. The average Bonchev–Trinajstić information content (AvgIpc) is 2.96. The Bertz CT molecular complexity index is 887. The number of carbonyl (C=O) groups is 1. The van der Waals surface area contributed by atoms with Crippen LogP contribution in [0.3, 0.4) is 0 Å². The van der Waals surface area contributed by atoms with Crippen LogP contribution < -0.4 is 0 Å². The van der Waals surface area contributed by atoms with Crippen molar-refractivity contribution >= 4 is 33.5 Å². The first-order valence-corrected chi connectivity index (χ1v) is 8.55. The standard InChI is InChI=1S/C18H14BrClN2O2/c1-2-15-16(18(23)24)17(11-3-7-13(20)8-4-11)21-22(15)14-9-5-12(19)6-10-14/h3-10H,2H2,1H3,(H,23,24). The molecule has 122 valence electrons. The molecule has 24 heavy (non-hydrogen) atoms. The van der Waals surface area contributed by atoms with Crippen LogP contribution >= 0.6 is 27.5 Å². The van der Waals surface area contributed by atoms with Crippen LogP contribution in [0, 0.1) is 0 Å². The number of halogens is 2. The summed E-state index contributed by atoms with van der Waals surface area (Å²) in [6.45, 7) is 1.92. The van der Waals surface area contributed by atoms with Crippen molar-refractivity contribution in [2.24, 2.45) is 0 Å². The summed E-state index contributed by atoms with van der Waals surface area (Å²) >= 11 is 9.33. The number of benzene rings is 2. The smallest absolute Gasteiger partial charge is 0.339 e. The molecule has 0 amide bonds. The number of hydrogen-bond acceptors (Lipinski definition) is 2. The summed E-state index contributed by atoms with van der Waals surface area (Å²) in [5, 5.41) is 14.9. The molecule has 0 unspecified atom stereocenters. The minimum Gasteiger partial charge on any atom is -0.478 e. The van der Waals surface area contributed by atoms with Crippen molar-refractivity contribution in [2.45, 2.75) is 13.3 Å². The second-order valence-electron chi connectivity index (χ2n) is 5.22. The van der Waals surface area contributed by atoms with E-state index in [1.807, 2.05) is 31.2 Å². The zero-order valence-electron chi connectivity index (χ0n) is 12.8. The van der Waals surface area contributed by atoms with E-state index in [-0.39, 0.29) is 5.56 Å². The van der Waals surface area contributed by atoms with E-state index in [1.54, 1.807) is 28.9 Å². The highest BCUT2D eigenvalue weighted by molar-refractivity contribution is 9.10. The van der Waals surface area contributed by atoms with Crippen LogP contribution in [0.25, 0.3) is 16.9 Å². The minimum absolute atomic E-state index is 0.225. The fraction of sp³-hybridized carbons (Fsp3) is 0.111. The lowest BCUT2D eigenvalue weighted by Gasteiger charge is -2.06. The quantitative estimate of drug-likeness (QED) is 0.648. The predicted octanol–water partition coefficient (Wildman–Crippen LogP) is 5.22. The van der Waals surface area contributed by atoms with Gasteiger partial charge in [-0.3, -0.25) is 0 Å². The van der Waals surface area contributed by atoms with Gasteiger partial charge in [-0.15, -0.1) is 0 Å². The number of rotatable bonds is 4. The fourth-order valence-electron chi connectivity index (χ4n) is 2.61. The van der Waals surface area contributed by atoms with Crippen LogP contribution in [0.4, 0.5) is 0 Å². The Morgan fingerprint density at radius 1 is 1.17 bits per heavy atom. The molecule has 0 aliphatic heterocycles. The number of aromatic nitrogens is 2. The molecular weight excluding hydrogens is 392 g/mol. The second-order valence-corrected chi connectivity index (χ2v) is 6.58. The molecule has 0 aliphatic carbocycles. The summed E-state index contributed by atoms with van der Waals surface area (Å²) in [6, 6.07) is 14.6. The van der Waals surface area contributed by atoms with Gasteiger partial charge in [0.05, 0.1) is 11.4 Å². The van der Waals surface area contributed by atoms with E-state index >= 15 is 0 Å². The average molecular weight is 406 g/mol. The third-order valence-corrected chi connectivity index (χ3v) is 4.50. The minimum atomic E-state index is -0.986. The van der Waals surface area contributed by atoms with Crippen molar-refractivity contribution in [3.8, 4) is 16.9 Å². The zero-order valence-corrected chi connectivity index (χ0v) is 15.2. The van der Waals surface area contributed by atoms with Gasteiger partial charge in [-0.1, -0.05) is 46.6 Å². The number of carboxylic acid groups (broad SMARTS) is 1. The maximum Gasteiger partial charge on any atom is 0.339 e. The van der Waals surface area contributed by atoms with Crippen LogP contribution in [0.5, 0.6) is 0 Å². The lowest BCUT2D eigenvalue weighted by Crippen LogP contribution is -2.05. The van der Waals surface area contributed by atoms with Gasteiger partial charge >= 0.3 is 5.97 Å². The molecule has 4 nitrogen and oxygen atoms in total. The van der Waals surface area contributed by atoms with Gasteiger partial charge in [0.15, 0.2) is 0 Å². The molecule has 3 rings (SSSR count). The van der Waals surface area contributed by atoms with Crippen LogP contribution in [-0.4, -0.2) is 20.9 Å². The Labute approximate surface area is 152 Å². The van der Waals surface area contributed by atoms with Crippen molar-refractivity contribution in [3.05, 3.63) is 69.3 Å². The first-order valence-electron chi connectivity index (χ1n) is 7.38. The van der Waals surface area contributed by atoms with Gasteiger partial charge in [-0.2, -0.15) is 5.10 Å². The third kappa shape index (κ3) is 3.09. The number of aromatic carboxylic acids is 1. The van der Waals surface area contributed by atoms with E-state index in [0.29, 0.717) is 22.8 Å². The highest BCUT2D eigenvalue weighted by Gasteiger charge is 2.24. The Morgan fingerprint density at radius 2 is 1.79 bits per heavy atom. The number of carboxylic acids is 1. The van der Waals surface area contributed by atoms with Gasteiger partial charge in [0, 0.05) is 15.1 Å². The summed E-state index contributed by atoms with van der Waals surface area (Å²) in [4.78, 5) is 11.9. The highest BCUT2D eigenvalue weighted by Crippen LogP contribution is 2.29. The first kappa shape index (κ1) is 16.7. The Hall–Kier alpha value is -2.11. The first-order chi connectivity index (χ1) is 11.5. The number of nitrogens with zero attached hydrogens (tertiary/aromatic N) is 2. The summed E-state index contributed by atoms with van der Waals surface area (Å²) in [5.41, 5.74) is 2.87. The second kappa shape index (κ2) is 6.79. The Kier molecular flexibility index (Phi) is 4.73. The summed E-state index contributed by atoms with van der Waals surface area (Å²) < 4.78 is 2.65. The SMILES string of the molecule is CCc1c(C(=O)O)c(-c2ccc(Cl)cc2)nn1-c1ccc(Br)cc1. The molecule has 3 aromatic rings. The largest absolute Gasteiger partial charge is 0.478 e. The Balaban J connectivity index is 2.24. The summed E-state index contributed by atoms with van der Waals surface area (Å²) in [6.07, 6.45) is 0.554. The van der Waals surface area contributed by atoms with Gasteiger partial charge in [0.1, 0.15) is 11.3 Å². The van der Waals surface area contributed by atoms with E-state index in [0.717, 1.165) is 15.7 Å². The number of hydrogen-bond donors (Lipinski definition) is 1. The van der Waals surface area contributed by atoms with Crippen LogP contribution in [0.15, 0.2) is 53.0 Å². The molecule has 1 heterocycles. The van der Waals surface area contributed by atoms with Crippen molar-refractivity contribution in [1.82, 2.24) is 9.78 Å². The van der Waals surface area contributed by atoms with Gasteiger partial charge in [0.2, 0.25) is 0 Å². The van der Waals surface area contributed by atoms with E-state index in [9.17, 15) is 9.90 Å². The molecule has 1 aromatic heterocycles. The van der Waals surface area contributed by atoms with Gasteiger partial charge in [-0.05, 0) is 42.8 Å². The van der Waals surface area contributed by atoms with Gasteiger partial charge < -0.3 is 5.11 Å². The maximum atomic E-state index is 11.9. The molecule has 0 saturated heterocycles. The normalized spacial score (nSPS) is 10.8. The molecule has 6 heteroatoms. The van der Waals surface area contributed by atoms with Crippen molar-refractivity contribution in [3.63, 3.8) is 0 Å². The molecule has 0 saturated carbocycles. The Morgan fingerprint density at radius 3 is 2.33 bits per heavy atom. The molecule has 0 atom stereocenters. The van der Waals surface area contributed by atoms with Crippen molar-refractivity contribution < 1.29 is 9.90 Å². The predicted molar refractivity (Wildman–Crippen MR) is 98.0 cm³/mol. The lowest BCUT2D eigenvalue weighted by atomic mass is 10.0. The van der Waals surface area contributed by atoms with Crippen LogP contribution in [-0.2, 0) is 6.42 Å². The van der Waals surface area contributed by atoms with E-state index in [4.69, 9.17) is 11.6 Å². The highest BCUT2D eigenvalue weighted by atomic mass is 79.9. The molecule has 0 radical (unpaired) electrons. The van der Waals surface area contributed by atoms with E-state index in [1.165, 1.54) is 0 Å². The molecule has 0 spiro atoms. The van der Waals surface area contributed by atoms with Gasteiger partial charge in [0.25, 0.3) is 0 Å². The van der Waals surface area contributed by atoms with Crippen molar-refractivity contribution in [2.75, 3.05) is 0 Å². The topological polar surface area (TPSA) is 55.1 Å². The molecule has 0 aliphatic rings. The van der Waals surface area contributed by atoms with Gasteiger partial charge in [-0.25, -0.2) is 9.48 Å². The summed E-state index contributed by atoms with van der Waals surface area (Å²) in [5.74, 6) is -0.986. The van der Waals surface area contributed by atoms with E-state index < -0.39 is 5.97 Å². The molecule has 2 aromatic carbocycles. The van der Waals surface area contributed by atoms with Crippen LogP contribution in [0.1, 0.15) is 23.0 Å². The van der Waals surface area contributed by atoms with Crippen LogP contribution in [0.2, 0.25) is 5.02 Å². The maximum absolute atomic E-state index is 11.9. The molecule has 1 N–H and O–H groups in total. The van der Waals surface area contributed by atoms with E-state index in [2.05, 4.69) is 21.0 Å². The fourth-order valence-corrected chi connectivity index (χ4v) is 3.00. The third-order valence-electron chi connectivity index (χ3n) is 3.72. The monoisotopic (exact) mass is 404 g/mol. The zero-order chi connectivity index (χ0) is 17.3. The lowest BCUT2D eigenvalue weighted by molar-refractivity contribution is 0.0696.